The fourth-order valence-corrected chi connectivity index (χ4v) is 2.61. The van der Waals surface area contributed by atoms with Crippen molar-refractivity contribution < 1.29 is 4.74 Å². The van der Waals surface area contributed by atoms with Gasteiger partial charge in [-0.05, 0) is 19.8 Å². The van der Waals surface area contributed by atoms with Crippen LogP contribution >= 0.6 is 0 Å². The molecule has 0 saturated carbocycles. The third kappa shape index (κ3) is 2.74. The number of anilines is 1. The van der Waals surface area contributed by atoms with Crippen molar-refractivity contribution in [2.24, 2.45) is 0 Å². The highest BCUT2D eigenvalue weighted by atomic mass is 16.5. The molecule has 0 spiro atoms. The van der Waals surface area contributed by atoms with E-state index in [1.165, 1.54) is 0 Å². The monoisotopic (exact) mass is 273 g/mol. The minimum atomic E-state index is 0.543. The van der Waals surface area contributed by atoms with E-state index in [0.29, 0.717) is 18.5 Å². The van der Waals surface area contributed by atoms with Crippen molar-refractivity contribution in [2.45, 2.75) is 25.8 Å². The Morgan fingerprint density at radius 1 is 1.30 bits per heavy atom. The summed E-state index contributed by atoms with van der Waals surface area (Å²) in [6.45, 7) is 4.56. The van der Waals surface area contributed by atoms with E-state index in [0.717, 1.165) is 31.7 Å². The number of nitrogens with zero attached hydrogens (tertiary/aromatic N) is 5. The van der Waals surface area contributed by atoms with Crippen LogP contribution in [0.1, 0.15) is 25.8 Å². The van der Waals surface area contributed by atoms with Gasteiger partial charge in [-0.1, -0.05) is 0 Å². The SMILES string of the molecule is CCOc1cc(N2CCC(n3ccnc3)CC2)ncn1. The maximum atomic E-state index is 5.43. The Balaban J connectivity index is 1.64. The second-order valence-electron chi connectivity index (χ2n) is 4.88. The Labute approximate surface area is 118 Å². The van der Waals surface area contributed by atoms with Crippen molar-refractivity contribution in [3.05, 3.63) is 31.1 Å². The van der Waals surface area contributed by atoms with E-state index >= 15 is 0 Å². The van der Waals surface area contributed by atoms with Crippen molar-refractivity contribution in [1.29, 1.82) is 0 Å². The molecule has 1 saturated heterocycles. The van der Waals surface area contributed by atoms with E-state index in [2.05, 4.69) is 24.4 Å². The molecule has 3 heterocycles. The third-order valence-corrected chi connectivity index (χ3v) is 3.65. The standard InChI is InChI=1S/C14H19N5O/c1-2-20-14-9-13(16-10-17-14)18-6-3-12(4-7-18)19-8-5-15-11-19/h5,8-12H,2-4,6-7H2,1H3. The van der Waals surface area contributed by atoms with E-state index in [-0.39, 0.29) is 0 Å². The van der Waals surface area contributed by atoms with Gasteiger partial charge in [-0.25, -0.2) is 15.0 Å². The second-order valence-corrected chi connectivity index (χ2v) is 4.88. The van der Waals surface area contributed by atoms with Crippen LogP contribution < -0.4 is 9.64 Å². The molecule has 0 atom stereocenters. The van der Waals surface area contributed by atoms with Gasteiger partial charge in [0, 0.05) is 37.6 Å². The van der Waals surface area contributed by atoms with Crippen LogP contribution in [0.25, 0.3) is 0 Å². The second kappa shape index (κ2) is 5.90. The molecule has 1 aliphatic rings. The number of piperidine rings is 1. The number of hydrogen-bond acceptors (Lipinski definition) is 5. The molecule has 6 nitrogen and oxygen atoms in total. The van der Waals surface area contributed by atoms with Crippen molar-refractivity contribution in [1.82, 2.24) is 19.5 Å². The molecule has 1 fully saturated rings. The van der Waals surface area contributed by atoms with E-state index in [9.17, 15) is 0 Å². The summed E-state index contributed by atoms with van der Waals surface area (Å²) in [5.74, 6) is 1.60. The van der Waals surface area contributed by atoms with Crippen molar-refractivity contribution in [2.75, 3.05) is 24.6 Å². The molecule has 106 valence electrons. The van der Waals surface area contributed by atoms with Crippen LogP contribution in [0.5, 0.6) is 5.88 Å². The molecule has 0 amide bonds. The van der Waals surface area contributed by atoms with Crippen molar-refractivity contribution >= 4 is 5.82 Å². The van der Waals surface area contributed by atoms with Gasteiger partial charge in [-0.2, -0.15) is 0 Å². The fraction of sp³-hybridized carbons (Fsp3) is 0.500. The summed E-state index contributed by atoms with van der Waals surface area (Å²) in [5.41, 5.74) is 0. The van der Waals surface area contributed by atoms with Gasteiger partial charge in [0.05, 0.1) is 12.9 Å². The Morgan fingerprint density at radius 2 is 2.15 bits per heavy atom. The smallest absolute Gasteiger partial charge is 0.218 e. The highest BCUT2D eigenvalue weighted by Gasteiger charge is 2.21. The lowest BCUT2D eigenvalue weighted by atomic mass is 10.1. The van der Waals surface area contributed by atoms with Crippen LogP contribution in [-0.2, 0) is 0 Å². The molecule has 20 heavy (non-hydrogen) atoms. The van der Waals surface area contributed by atoms with E-state index in [1.807, 2.05) is 31.7 Å². The first-order chi connectivity index (χ1) is 9.86. The Bertz CT molecular complexity index is 534. The summed E-state index contributed by atoms with van der Waals surface area (Å²) >= 11 is 0. The maximum absolute atomic E-state index is 5.43. The lowest BCUT2D eigenvalue weighted by Gasteiger charge is -2.33. The van der Waals surface area contributed by atoms with E-state index in [4.69, 9.17) is 4.74 Å². The van der Waals surface area contributed by atoms with E-state index in [1.54, 1.807) is 6.33 Å². The molecule has 2 aromatic heterocycles. The zero-order valence-corrected chi connectivity index (χ0v) is 11.6. The predicted molar refractivity (Wildman–Crippen MR) is 75.9 cm³/mol. The molecule has 0 aromatic carbocycles. The van der Waals surface area contributed by atoms with Gasteiger partial charge in [-0.3, -0.25) is 0 Å². The van der Waals surface area contributed by atoms with Crippen molar-refractivity contribution in [3.63, 3.8) is 0 Å². The Hall–Kier alpha value is -2.11. The van der Waals surface area contributed by atoms with Gasteiger partial charge in [-0.15, -0.1) is 0 Å². The number of aromatic nitrogens is 4. The van der Waals surface area contributed by atoms with Gasteiger partial charge in [0.1, 0.15) is 12.1 Å². The summed E-state index contributed by atoms with van der Waals surface area (Å²) in [7, 11) is 0. The molecular formula is C14H19N5O. The topological polar surface area (TPSA) is 56.1 Å². The number of rotatable bonds is 4. The third-order valence-electron chi connectivity index (χ3n) is 3.65. The van der Waals surface area contributed by atoms with Gasteiger partial charge in [0.2, 0.25) is 5.88 Å². The average molecular weight is 273 g/mol. The summed E-state index contributed by atoms with van der Waals surface area (Å²) in [6.07, 6.45) is 9.55. The van der Waals surface area contributed by atoms with Gasteiger partial charge < -0.3 is 14.2 Å². The first-order valence-electron chi connectivity index (χ1n) is 7.04. The number of imidazole rings is 1. The zero-order valence-electron chi connectivity index (χ0n) is 11.6. The van der Waals surface area contributed by atoms with Gasteiger partial charge >= 0.3 is 0 Å². The van der Waals surface area contributed by atoms with Crippen LogP contribution in [0.2, 0.25) is 0 Å². The summed E-state index contributed by atoms with van der Waals surface area (Å²) in [6, 6.07) is 2.46. The molecule has 0 aliphatic carbocycles. The summed E-state index contributed by atoms with van der Waals surface area (Å²) < 4.78 is 7.62. The van der Waals surface area contributed by atoms with Crippen LogP contribution in [0, 0.1) is 0 Å². The fourth-order valence-electron chi connectivity index (χ4n) is 2.61. The Morgan fingerprint density at radius 3 is 2.85 bits per heavy atom. The van der Waals surface area contributed by atoms with Crippen LogP contribution in [-0.4, -0.2) is 39.2 Å². The van der Waals surface area contributed by atoms with Crippen LogP contribution in [0.4, 0.5) is 5.82 Å². The number of ether oxygens (including phenoxy) is 1. The molecule has 3 rings (SSSR count). The zero-order chi connectivity index (χ0) is 13.8. The lowest BCUT2D eigenvalue weighted by Crippen LogP contribution is -2.35. The molecular weight excluding hydrogens is 254 g/mol. The average Bonchev–Trinajstić information content (AvgIpc) is 3.02. The largest absolute Gasteiger partial charge is 0.478 e. The molecule has 2 aromatic rings. The Kier molecular flexibility index (Phi) is 3.80. The molecule has 0 unspecified atom stereocenters. The minimum Gasteiger partial charge on any atom is -0.478 e. The summed E-state index contributed by atoms with van der Waals surface area (Å²) in [5, 5.41) is 0. The molecule has 0 radical (unpaired) electrons. The highest BCUT2D eigenvalue weighted by Crippen LogP contribution is 2.26. The summed E-state index contributed by atoms with van der Waals surface area (Å²) in [4.78, 5) is 14.9. The maximum Gasteiger partial charge on any atom is 0.218 e. The van der Waals surface area contributed by atoms with Crippen LogP contribution in [0.3, 0.4) is 0 Å². The number of hydrogen-bond donors (Lipinski definition) is 0. The van der Waals surface area contributed by atoms with Gasteiger partial charge in [0.15, 0.2) is 0 Å². The molecule has 0 bridgehead atoms. The van der Waals surface area contributed by atoms with E-state index < -0.39 is 0 Å². The van der Waals surface area contributed by atoms with Crippen molar-refractivity contribution in [3.8, 4) is 5.88 Å². The predicted octanol–water partition coefficient (Wildman–Crippen LogP) is 1.91. The molecule has 0 N–H and O–H groups in total. The first kappa shape index (κ1) is 12.9. The molecule has 6 heteroatoms. The minimum absolute atomic E-state index is 0.543. The lowest BCUT2D eigenvalue weighted by molar-refractivity contribution is 0.325. The highest BCUT2D eigenvalue weighted by molar-refractivity contribution is 5.41. The normalized spacial score (nSPS) is 16.4. The first-order valence-corrected chi connectivity index (χ1v) is 7.04. The molecule has 1 aliphatic heterocycles. The quantitative estimate of drug-likeness (QED) is 0.851. The van der Waals surface area contributed by atoms with Crippen LogP contribution in [0.15, 0.2) is 31.1 Å². The van der Waals surface area contributed by atoms with Gasteiger partial charge in [0.25, 0.3) is 0 Å².